The van der Waals surface area contributed by atoms with Gasteiger partial charge in [-0.05, 0) is 12.8 Å². The maximum atomic E-state index is 10.2. The molecule has 0 aromatic rings. The molecule has 6 N–H and O–H groups in total. The third-order valence-corrected chi connectivity index (χ3v) is 4.09. The highest BCUT2D eigenvalue weighted by molar-refractivity contribution is 5.18. The molecule has 0 spiro atoms. The van der Waals surface area contributed by atoms with Crippen LogP contribution in [0.5, 0.6) is 0 Å². The van der Waals surface area contributed by atoms with Crippen LogP contribution in [-0.2, 0) is 0 Å². The molecule has 0 aromatic heterocycles. The van der Waals surface area contributed by atoms with Gasteiger partial charge in [-0.25, -0.2) is 0 Å². The van der Waals surface area contributed by atoms with E-state index in [-0.39, 0.29) is 12.8 Å². The molecule has 0 aliphatic heterocycles. The molecule has 2 fully saturated rings. The van der Waals surface area contributed by atoms with Gasteiger partial charge < -0.3 is 30.6 Å². The Kier molecular flexibility index (Phi) is 2.77. The van der Waals surface area contributed by atoms with Gasteiger partial charge in [0.2, 0.25) is 0 Å². The van der Waals surface area contributed by atoms with Crippen LogP contribution >= 0.6 is 0 Å². The maximum absolute atomic E-state index is 10.2. The van der Waals surface area contributed by atoms with Gasteiger partial charge in [0.05, 0.1) is 0 Å². The Hall–Kier alpha value is -0.240. The van der Waals surface area contributed by atoms with E-state index < -0.39 is 35.6 Å². The van der Waals surface area contributed by atoms with Crippen molar-refractivity contribution in [3.63, 3.8) is 0 Å². The maximum Gasteiger partial charge on any atom is 0.124 e. The average molecular weight is 234 g/mol. The number of hydrogen-bond acceptors (Lipinski definition) is 6. The minimum Gasteiger partial charge on any atom is -0.387 e. The van der Waals surface area contributed by atoms with Crippen molar-refractivity contribution in [1.29, 1.82) is 0 Å². The van der Waals surface area contributed by atoms with Gasteiger partial charge in [-0.1, -0.05) is 12.8 Å². The van der Waals surface area contributed by atoms with Crippen LogP contribution < -0.4 is 0 Å². The molecule has 0 heterocycles. The molecule has 2 saturated carbocycles. The summed E-state index contributed by atoms with van der Waals surface area (Å²) in [5.74, 6) is 0. The Bertz CT molecular complexity index is 256. The number of aliphatic hydroxyl groups is 6. The quantitative estimate of drug-likeness (QED) is 0.275. The first-order valence-corrected chi connectivity index (χ1v) is 5.51. The van der Waals surface area contributed by atoms with E-state index in [2.05, 4.69) is 0 Å². The van der Waals surface area contributed by atoms with Crippen LogP contribution in [0.25, 0.3) is 0 Å². The Labute approximate surface area is 92.8 Å². The largest absolute Gasteiger partial charge is 0.387 e. The fourth-order valence-electron chi connectivity index (χ4n) is 2.97. The Morgan fingerprint density at radius 3 is 1.31 bits per heavy atom. The van der Waals surface area contributed by atoms with Crippen LogP contribution in [0.4, 0.5) is 0 Å². The fourth-order valence-corrected chi connectivity index (χ4v) is 2.97. The topological polar surface area (TPSA) is 121 Å². The lowest BCUT2D eigenvalue weighted by Gasteiger charge is -2.57. The van der Waals surface area contributed by atoms with Crippen molar-refractivity contribution < 1.29 is 30.6 Å². The molecule has 0 saturated heterocycles. The normalized spacial score (nSPS) is 58.1. The Morgan fingerprint density at radius 2 is 1.00 bits per heavy atom. The minimum absolute atomic E-state index is 0.0888. The van der Waals surface area contributed by atoms with E-state index in [0.29, 0.717) is 12.8 Å². The lowest BCUT2D eigenvalue weighted by atomic mass is 9.59. The fraction of sp³-hybridized carbons (Fsp3) is 1.00. The molecule has 6 nitrogen and oxygen atoms in total. The second kappa shape index (κ2) is 3.63. The van der Waals surface area contributed by atoms with Gasteiger partial charge in [-0.2, -0.15) is 0 Å². The van der Waals surface area contributed by atoms with Crippen molar-refractivity contribution in [3.8, 4) is 0 Å². The smallest absolute Gasteiger partial charge is 0.124 e. The zero-order valence-corrected chi connectivity index (χ0v) is 8.82. The second-order valence-electron chi connectivity index (χ2n) is 4.93. The average Bonchev–Trinajstić information content (AvgIpc) is 2.27. The van der Waals surface area contributed by atoms with Crippen LogP contribution in [0.15, 0.2) is 0 Å². The molecular formula is C10H18O6. The summed E-state index contributed by atoms with van der Waals surface area (Å²) in [5.41, 5.74) is -3.91. The summed E-state index contributed by atoms with van der Waals surface area (Å²) in [7, 11) is 0. The van der Waals surface area contributed by atoms with E-state index in [0.717, 1.165) is 0 Å². The summed E-state index contributed by atoms with van der Waals surface area (Å²) in [6.45, 7) is 0. The van der Waals surface area contributed by atoms with Gasteiger partial charge >= 0.3 is 0 Å². The molecular weight excluding hydrogens is 216 g/mol. The van der Waals surface area contributed by atoms with Crippen LogP contribution in [0.3, 0.4) is 0 Å². The summed E-state index contributed by atoms with van der Waals surface area (Å²) in [6, 6.07) is 0. The molecule has 0 bridgehead atoms. The predicted octanol–water partition coefficient (Wildman–Crippen LogP) is -2.52. The number of rotatable bonds is 0. The molecule has 0 radical (unpaired) electrons. The van der Waals surface area contributed by atoms with E-state index in [1.165, 1.54) is 0 Å². The zero-order valence-electron chi connectivity index (χ0n) is 8.82. The Balaban J connectivity index is 2.42. The molecule has 6 heteroatoms. The summed E-state index contributed by atoms with van der Waals surface area (Å²) >= 11 is 0. The molecule has 94 valence electrons. The van der Waals surface area contributed by atoms with E-state index in [1.807, 2.05) is 0 Å². The van der Waals surface area contributed by atoms with Gasteiger partial charge in [0, 0.05) is 0 Å². The molecule has 0 aromatic carbocycles. The summed E-state index contributed by atoms with van der Waals surface area (Å²) in [4.78, 5) is 0. The number of hydrogen-bond donors (Lipinski definition) is 6. The SMILES string of the molecule is O[C@@H]1[C@H](O)[C@@H](O)[C@]2(O)CCCC[C@@]2(O)[C@H]1O. The number of fused-ring (bicyclic) bond motifs is 1. The lowest BCUT2D eigenvalue weighted by molar-refractivity contribution is -0.323. The molecule has 0 amide bonds. The Morgan fingerprint density at radius 1 is 0.688 bits per heavy atom. The first-order valence-electron chi connectivity index (χ1n) is 5.51. The highest BCUT2D eigenvalue weighted by atomic mass is 16.4. The van der Waals surface area contributed by atoms with Crippen molar-refractivity contribution in [2.45, 2.75) is 61.3 Å². The summed E-state index contributed by atoms with van der Waals surface area (Å²) in [5, 5.41) is 59.0. The third kappa shape index (κ3) is 1.28. The van der Waals surface area contributed by atoms with E-state index in [1.54, 1.807) is 0 Å². The van der Waals surface area contributed by atoms with Crippen LogP contribution in [0.1, 0.15) is 25.7 Å². The highest BCUT2D eigenvalue weighted by Crippen LogP contribution is 2.47. The van der Waals surface area contributed by atoms with Gasteiger partial charge in [-0.15, -0.1) is 0 Å². The molecule has 2 aliphatic rings. The number of aliphatic hydroxyl groups excluding tert-OH is 4. The first kappa shape index (κ1) is 12.2. The van der Waals surface area contributed by atoms with E-state index >= 15 is 0 Å². The van der Waals surface area contributed by atoms with Crippen molar-refractivity contribution in [2.75, 3.05) is 0 Å². The molecule has 2 aliphatic carbocycles. The van der Waals surface area contributed by atoms with Crippen molar-refractivity contribution in [1.82, 2.24) is 0 Å². The summed E-state index contributed by atoms with van der Waals surface area (Å²) < 4.78 is 0. The monoisotopic (exact) mass is 234 g/mol. The molecule has 0 unspecified atom stereocenters. The van der Waals surface area contributed by atoms with Crippen molar-refractivity contribution in [3.05, 3.63) is 0 Å². The summed E-state index contributed by atoms with van der Waals surface area (Å²) in [6.07, 6.45) is -5.27. The van der Waals surface area contributed by atoms with Crippen LogP contribution in [-0.4, -0.2) is 66.3 Å². The van der Waals surface area contributed by atoms with Crippen molar-refractivity contribution >= 4 is 0 Å². The predicted molar refractivity (Wildman–Crippen MR) is 52.4 cm³/mol. The molecule has 6 atom stereocenters. The van der Waals surface area contributed by atoms with Gasteiger partial charge in [0.25, 0.3) is 0 Å². The zero-order chi connectivity index (χ0) is 12.1. The first-order chi connectivity index (χ1) is 7.34. The van der Waals surface area contributed by atoms with Gasteiger partial charge in [0.15, 0.2) is 0 Å². The highest BCUT2D eigenvalue weighted by Gasteiger charge is 2.66. The molecule has 16 heavy (non-hydrogen) atoms. The minimum atomic E-state index is -1.96. The third-order valence-electron chi connectivity index (χ3n) is 4.09. The molecule has 2 rings (SSSR count). The second-order valence-corrected chi connectivity index (χ2v) is 4.93. The van der Waals surface area contributed by atoms with E-state index in [4.69, 9.17) is 0 Å². The van der Waals surface area contributed by atoms with Gasteiger partial charge in [-0.3, -0.25) is 0 Å². The van der Waals surface area contributed by atoms with E-state index in [9.17, 15) is 30.6 Å². The van der Waals surface area contributed by atoms with Crippen molar-refractivity contribution in [2.24, 2.45) is 0 Å². The van der Waals surface area contributed by atoms with Crippen LogP contribution in [0, 0.1) is 0 Å². The van der Waals surface area contributed by atoms with Gasteiger partial charge in [0.1, 0.15) is 35.6 Å². The standard InChI is InChI=1S/C10H18O6/c11-5-6(12)8(14)10(16)4-2-1-3-9(10,15)7(5)13/h5-8,11-16H,1-4H2/t5-,6+,7+,8-,9-,10-/m1/s1. The lowest BCUT2D eigenvalue weighted by Crippen LogP contribution is -2.78. The van der Waals surface area contributed by atoms with Crippen LogP contribution in [0.2, 0.25) is 0 Å².